The molecule has 6 heteroatoms. The van der Waals surface area contributed by atoms with E-state index in [9.17, 15) is 9.59 Å². The third-order valence-electron chi connectivity index (χ3n) is 3.07. The molecule has 2 amide bonds. The van der Waals surface area contributed by atoms with E-state index < -0.39 is 11.9 Å². The third-order valence-corrected chi connectivity index (χ3v) is 3.56. The summed E-state index contributed by atoms with van der Waals surface area (Å²) in [6, 6.07) is 5.24. The van der Waals surface area contributed by atoms with Crippen LogP contribution >= 0.6 is 15.9 Å². The van der Waals surface area contributed by atoms with E-state index in [0.29, 0.717) is 0 Å². The monoisotopic (exact) mass is 328 g/mol. The molecule has 0 aromatic heterocycles. The minimum Gasteiger partial charge on any atom is -0.365 e. The molecular weight excluding hydrogens is 310 g/mol. The first-order valence-electron chi connectivity index (χ1n) is 5.99. The van der Waals surface area contributed by atoms with E-state index in [1.165, 1.54) is 0 Å². The number of nitrogens with one attached hydrogen (secondary N) is 2. The topological polar surface area (TPSA) is 76.6 Å². The second kappa shape index (κ2) is 6.68. The molecular formula is C13H19BrN3O2+. The van der Waals surface area contributed by atoms with Gasteiger partial charge in [0.15, 0.2) is 12.6 Å². The van der Waals surface area contributed by atoms with Crippen LogP contribution in [0, 0.1) is 6.92 Å². The molecule has 0 aliphatic heterocycles. The number of quaternary nitrogens is 1. The van der Waals surface area contributed by atoms with Gasteiger partial charge < -0.3 is 16.0 Å². The van der Waals surface area contributed by atoms with Gasteiger partial charge in [0.25, 0.3) is 11.8 Å². The highest BCUT2D eigenvalue weighted by atomic mass is 79.9. The van der Waals surface area contributed by atoms with Gasteiger partial charge in [-0.05, 0) is 37.6 Å². The van der Waals surface area contributed by atoms with Crippen molar-refractivity contribution in [2.24, 2.45) is 5.73 Å². The minimum atomic E-state index is -0.412. The number of amides is 2. The first kappa shape index (κ1) is 15.7. The predicted molar refractivity (Wildman–Crippen MR) is 77.9 cm³/mol. The van der Waals surface area contributed by atoms with E-state index in [1.807, 2.05) is 25.1 Å². The van der Waals surface area contributed by atoms with Crippen LogP contribution in [0.4, 0.5) is 5.69 Å². The number of hydrogen-bond acceptors (Lipinski definition) is 2. The zero-order valence-electron chi connectivity index (χ0n) is 11.3. The average Bonchev–Trinajstić information content (AvgIpc) is 2.31. The maximum Gasteiger partial charge on any atom is 0.279 e. The van der Waals surface area contributed by atoms with Gasteiger partial charge in [0.05, 0.1) is 7.05 Å². The van der Waals surface area contributed by atoms with E-state index in [-0.39, 0.29) is 12.5 Å². The van der Waals surface area contributed by atoms with Gasteiger partial charge in [-0.25, -0.2) is 0 Å². The van der Waals surface area contributed by atoms with Crippen molar-refractivity contribution in [2.75, 3.05) is 18.9 Å². The van der Waals surface area contributed by atoms with Gasteiger partial charge in [0.1, 0.15) is 0 Å². The molecule has 0 heterocycles. The van der Waals surface area contributed by atoms with Crippen LogP contribution in [0.25, 0.3) is 0 Å². The standard InChI is InChI=1S/C13H18BrN3O2/c1-8-6-10(14)4-5-11(8)16-12(18)7-17(3)9(2)13(15)19/h4-6,9H,7H2,1-3H3,(H2,15,19)(H,16,18)/p+1/t9-/m1/s1. The van der Waals surface area contributed by atoms with Crippen molar-refractivity contribution in [3.8, 4) is 0 Å². The Morgan fingerprint density at radius 1 is 1.47 bits per heavy atom. The molecule has 0 bridgehead atoms. The van der Waals surface area contributed by atoms with Gasteiger partial charge in [0.2, 0.25) is 0 Å². The SMILES string of the molecule is Cc1cc(Br)ccc1NC(=O)C[NH+](C)[C@H](C)C(N)=O. The lowest BCUT2D eigenvalue weighted by atomic mass is 10.2. The Kier molecular flexibility index (Phi) is 5.50. The number of rotatable bonds is 5. The molecule has 0 radical (unpaired) electrons. The van der Waals surface area contributed by atoms with Crippen molar-refractivity contribution in [2.45, 2.75) is 19.9 Å². The predicted octanol–water partition coefficient (Wildman–Crippen LogP) is 0.0845. The van der Waals surface area contributed by atoms with E-state index in [4.69, 9.17) is 5.73 Å². The van der Waals surface area contributed by atoms with Crippen molar-refractivity contribution in [1.29, 1.82) is 0 Å². The van der Waals surface area contributed by atoms with E-state index in [1.54, 1.807) is 14.0 Å². The molecule has 2 atom stereocenters. The van der Waals surface area contributed by atoms with Crippen LogP contribution in [0.15, 0.2) is 22.7 Å². The Labute approximate surface area is 121 Å². The van der Waals surface area contributed by atoms with Crippen molar-refractivity contribution in [1.82, 2.24) is 0 Å². The summed E-state index contributed by atoms with van der Waals surface area (Å²) in [5.41, 5.74) is 6.96. The zero-order valence-corrected chi connectivity index (χ0v) is 12.9. The highest BCUT2D eigenvalue weighted by Gasteiger charge is 2.21. The van der Waals surface area contributed by atoms with Crippen LogP contribution in [-0.2, 0) is 9.59 Å². The maximum atomic E-state index is 11.9. The lowest BCUT2D eigenvalue weighted by molar-refractivity contribution is -0.885. The molecule has 0 saturated heterocycles. The van der Waals surface area contributed by atoms with Gasteiger partial charge in [-0.15, -0.1) is 0 Å². The number of hydrogen-bond donors (Lipinski definition) is 3. The molecule has 0 saturated carbocycles. The van der Waals surface area contributed by atoms with E-state index in [0.717, 1.165) is 20.6 Å². The summed E-state index contributed by atoms with van der Waals surface area (Å²) >= 11 is 3.37. The summed E-state index contributed by atoms with van der Waals surface area (Å²) in [6.07, 6.45) is 0. The highest BCUT2D eigenvalue weighted by Crippen LogP contribution is 2.19. The second-order valence-corrected chi connectivity index (χ2v) is 5.57. The summed E-state index contributed by atoms with van der Waals surface area (Å²) in [7, 11) is 1.77. The number of anilines is 1. The number of aryl methyl sites for hydroxylation is 1. The van der Waals surface area contributed by atoms with E-state index >= 15 is 0 Å². The Morgan fingerprint density at radius 3 is 2.63 bits per heavy atom. The van der Waals surface area contributed by atoms with Gasteiger partial charge >= 0.3 is 0 Å². The first-order chi connectivity index (χ1) is 8.81. The number of carbonyl (C=O) groups is 2. The fourth-order valence-electron chi connectivity index (χ4n) is 1.61. The zero-order chi connectivity index (χ0) is 14.6. The number of primary amides is 1. The molecule has 0 aliphatic rings. The molecule has 4 N–H and O–H groups in total. The Morgan fingerprint density at radius 2 is 2.11 bits per heavy atom. The fourth-order valence-corrected chi connectivity index (χ4v) is 2.09. The molecule has 104 valence electrons. The summed E-state index contributed by atoms with van der Waals surface area (Å²) in [6.45, 7) is 3.82. The molecule has 1 aromatic rings. The molecule has 1 aromatic carbocycles. The average molecular weight is 329 g/mol. The van der Waals surface area contributed by atoms with Crippen molar-refractivity contribution in [3.05, 3.63) is 28.2 Å². The van der Waals surface area contributed by atoms with Crippen LogP contribution in [0.2, 0.25) is 0 Å². The maximum absolute atomic E-state index is 11.9. The smallest absolute Gasteiger partial charge is 0.279 e. The van der Waals surface area contributed by atoms with Crippen LogP contribution < -0.4 is 16.0 Å². The van der Waals surface area contributed by atoms with Crippen LogP contribution in [0.3, 0.4) is 0 Å². The lowest BCUT2D eigenvalue weighted by Crippen LogP contribution is -3.15. The van der Waals surface area contributed by atoms with Gasteiger partial charge in [-0.3, -0.25) is 9.59 Å². The summed E-state index contributed by atoms with van der Waals surface area (Å²) in [4.78, 5) is 23.7. The van der Waals surface area contributed by atoms with Gasteiger partial charge in [-0.2, -0.15) is 0 Å². The normalized spacial score (nSPS) is 13.7. The third kappa shape index (κ3) is 4.65. The summed E-state index contributed by atoms with van der Waals surface area (Å²) < 4.78 is 0.966. The Hall–Kier alpha value is -1.40. The Balaban J connectivity index is 2.63. The first-order valence-corrected chi connectivity index (χ1v) is 6.78. The number of carbonyl (C=O) groups excluding carboxylic acids is 2. The molecule has 1 unspecified atom stereocenters. The van der Waals surface area contributed by atoms with Crippen LogP contribution in [0.5, 0.6) is 0 Å². The van der Waals surface area contributed by atoms with Crippen molar-refractivity contribution < 1.29 is 14.5 Å². The van der Waals surface area contributed by atoms with Crippen LogP contribution in [0.1, 0.15) is 12.5 Å². The number of likely N-dealkylation sites (N-methyl/N-ethyl adjacent to an activating group) is 1. The summed E-state index contributed by atoms with van der Waals surface area (Å²) in [5.74, 6) is -0.554. The molecule has 0 spiro atoms. The molecule has 5 nitrogen and oxygen atoms in total. The fraction of sp³-hybridized carbons (Fsp3) is 0.385. The lowest BCUT2D eigenvalue weighted by Gasteiger charge is -2.18. The molecule has 0 aliphatic carbocycles. The molecule has 0 fully saturated rings. The van der Waals surface area contributed by atoms with Gasteiger partial charge in [0, 0.05) is 10.2 Å². The van der Waals surface area contributed by atoms with E-state index in [2.05, 4.69) is 21.2 Å². The minimum absolute atomic E-state index is 0.143. The number of benzene rings is 1. The largest absolute Gasteiger partial charge is 0.365 e. The highest BCUT2D eigenvalue weighted by molar-refractivity contribution is 9.10. The number of nitrogens with two attached hydrogens (primary N) is 1. The second-order valence-electron chi connectivity index (χ2n) is 4.65. The van der Waals surface area contributed by atoms with Crippen molar-refractivity contribution >= 4 is 33.4 Å². The van der Waals surface area contributed by atoms with Crippen LogP contribution in [-0.4, -0.2) is 31.4 Å². The quantitative estimate of drug-likeness (QED) is 0.716. The summed E-state index contributed by atoms with van der Waals surface area (Å²) in [5, 5.41) is 2.83. The molecule has 1 rings (SSSR count). The number of halogens is 1. The molecule has 19 heavy (non-hydrogen) atoms. The van der Waals surface area contributed by atoms with Crippen molar-refractivity contribution in [3.63, 3.8) is 0 Å². The Bertz CT molecular complexity index is 491. The van der Waals surface area contributed by atoms with Gasteiger partial charge in [-0.1, -0.05) is 15.9 Å².